The van der Waals surface area contributed by atoms with Gasteiger partial charge in [-0.05, 0) is 17.4 Å². The molecule has 1 heterocycles. The van der Waals surface area contributed by atoms with E-state index in [4.69, 9.17) is 0 Å². The van der Waals surface area contributed by atoms with Crippen LogP contribution in [0.1, 0.15) is 39.2 Å². The van der Waals surface area contributed by atoms with Gasteiger partial charge in [0.1, 0.15) is 7.05 Å². The van der Waals surface area contributed by atoms with Crippen LogP contribution in [0.4, 0.5) is 0 Å². The van der Waals surface area contributed by atoms with E-state index in [1.165, 1.54) is 5.56 Å². The fourth-order valence-corrected chi connectivity index (χ4v) is 1.37. The SMILES string of the molecule is C[C@@H](c1ccc[n+](C)c1)C(C)(C)C. The summed E-state index contributed by atoms with van der Waals surface area (Å²) in [5.41, 5.74) is 1.76. The zero-order chi connectivity index (χ0) is 10.1. The first-order valence-electron chi connectivity index (χ1n) is 4.86. The maximum atomic E-state index is 2.29. The Hall–Kier alpha value is -0.850. The van der Waals surface area contributed by atoms with Crippen LogP contribution in [0.25, 0.3) is 0 Å². The second-order valence-corrected chi connectivity index (χ2v) is 4.89. The van der Waals surface area contributed by atoms with Crippen molar-refractivity contribution in [3.63, 3.8) is 0 Å². The average molecular weight is 178 g/mol. The fraction of sp³-hybridized carbons (Fsp3) is 0.583. The molecule has 0 amide bonds. The van der Waals surface area contributed by atoms with Crippen molar-refractivity contribution in [1.82, 2.24) is 0 Å². The van der Waals surface area contributed by atoms with Gasteiger partial charge in [0, 0.05) is 11.6 Å². The lowest BCUT2D eigenvalue weighted by molar-refractivity contribution is -0.672. The molecular formula is C12H20N+. The molecule has 1 aromatic rings. The number of aromatic nitrogens is 1. The van der Waals surface area contributed by atoms with E-state index in [-0.39, 0.29) is 0 Å². The van der Waals surface area contributed by atoms with Crippen molar-refractivity contribution >= 4 is 0 Å². The van der Waals surface area contributed by atoms with Gasteiger partial charge in [0.25, 0.3) is 0 Å². The van der Waals surface area contributed by atoms with Crippen LogP contribution < -0.4 is 4.57 Å². The van der Waals surface area contributed by atoms with Crippen LogP contribution in [-0.2, 0) is 7.05 Å². The third kappa shape index (κ3) is 2.55. The molecule has 0 aromatic carbocycles. The Kier molecular flexibility index (Phi) is 2.74. The Morgan fingerprint density at radius 2 is 1.92 bits per heavy atom. The van der Waals surface area contributed by atoms with E-state index in [1.54, 1.807) is 0 Å². The molecule has 0 unspecified atom stereocenters. The van der Waals surface area contributed by atoms with Gasteiger partial charge < -0.3 is 0 Å². The first-order chi connectivity index (χ1) is 5.91. The summed E-state index contributed by atoms with van der Waals surface area (Å²) in [7, 11) is 2.07. The minimum Gasteiger partial charge on any atom is -0.208 e. The van der Waals surface area contributed by atoms with Gasteiger partial charge in [-0.1, -0.05) is 27.7 Å². The number of hydrogen-bond acceptors (Lipinski definition) is 0. The lowest BCUT2D eigenvalue weighted by Crippen LogP contribution is -2.28. The molecule has 0 bridgehead atoms. The van der Waals surface area contributed by atoms with Crippen LogP contribution >= 0.6 is 0 Å². The summed E-state index contributed by atoms with van der Waals surface area (Å²) in [4.78, 5) is 0. The third-order valence-electron chi connectivity index (χ3n) is 2.76. The second-order valence-electron chi connectivity index (χ2n) is 4.89. The molecule has 0 saturated heterocycles. The summed E-state index contributed by atoms with van der Waals surface area (Å²) in [6.45, 7) is 9.13. The summed E-state index contributed by atoms with van der Waals surface area (Å²) in [6.07, 6.45) is 4.27. The van der Waals surface area contributed by atoms with Gasteiger partial charge in [-0.2, -0.15) is 0 Å². The van der Waals surface area contributed by atoms with Crippen molar-refractivity contribution in [2.75, 3.05) is 0 Å². The van der Waals surface area contributed by atoms with Gasteiger partial charge in [0.15, 0.2) is 12.4 Å². The molecule has 1 heteroatoms. The van der Waals surface area contributed by atoms with E-state index < -0.39 is 0 Å². The number of hydrogen-bond donors (Lipinski definition) is 0. The van der Waals surface area contributed by atoms with Crippen molar-refractivity contribution < 1.29 is 4.57 Å². The molecule has 1 atom stereocenters. The molecule has 0 aliphatic carbocycles. The smallest absolute Gasteiger partial charge is 0.172 e. The maximum absolute atomic E-state index is 2.29. The molecule has 1 nitrogen and oxygen atoms in total. The molecule has 0 aliphatic heterocycles. The maximum Gasteiger partial charge on any atom is 0.172 e. The molecule has 1 aromatic heterocycles. The topological polar surface area (TPSA) is 3.88 Å². The van der Waals surface area contributed by atoms with Crippen LogP contribution in [-0.4, -0.2) is 0 Å². The molecule has 0 spiro atoms. The first-order valence-corrected chi connectivity index (χ1v) is 4.86. The van der Waals surface area contributed by atoms with Crippen molar-refractivity contribution in [3.8, 4) is 0 Å². The number of pyridine rings is 1. The standard InChI is InChI=1S/C12H20N/c1-10(12(2,3)4)11-7-6-8-13(5)9-11/h6-10H,1-5H3/q+1/t10-/m0/s1. The summed E-state index contributed by atoms with van der Waals surface area (Å²) < 4.78 is 2.11. The van der Waals surface area contributed by atoms with Crippen LogP contribution in [0.3, 0.4) is 0 Å². The monoisotopic (exact) mass is 178 g/mol. The number of nitrogens with zero attached hydrogens (tertiary/aromatic N) is 1. The number of aryl methyl sites for hydroxylation is 1. The van der Waals surface area contributed by atoms with Crippen molar-refractivity contribution in [1.29, 1.82) is 0 Å². The highest BCUT2D eigenvalue weighted by atomic mass is 14.9. The molecular weight excluding hydrogens is 158 g/mol. The summed E-state index contributed by atoms with van der Waals surface area (Å²) in [5, 5.41) is 0. The minimum atomic E-state index is 0.342. The Balaban J connectivity index is 2.96. The summed E-state index contributed by atoms with van der Waals surface area (Å²) >= 11 is 0. The Bertz CT molecular complexity index is 283. The van der Waals surface area contributed by atoms with Crippen molar-refractivity contribution in [2.24, 2.45) is 12.5 Å². The molecule has 1 rings (SSSR count). The summed E-state index contributed by atoms with van der Waals surface area (Å²) in [6, 6.07) is 4.31. The molecule has 0 N–H and O–H groups in total. The van der Waals surface area contributed by atoms with Crippen molar-refractivity contribution in [3.05, 3.63) is 30.1 Å². The summed E-state index contributed by atoms with van der Waals surface area (Å²) in [5.74, 6) is 0.597. The largest absolute Gasteiger partial charge is 0.208 e. The highest BCUT2D eigenvalue weighted by molar-refractivity contribution is 5.13. The van der Waals surface area contributed by atoms with Gasteiger partial charge in [-0.15, -0.1) is 0 Å². The second kappa shape index (κ2) is 3.49. The Labute approximate surface area is 81.4 Å². The molecule has 0 fully saturated rings. The molecule has 0 radical (unpaired) electrons. The average Bonchev–Trinajstić information content (AvgIpc) is 2.01. The van der Waals surface area contributed by atoms with Crippen LogP contribution in [0, 0.1) is 5.41 Å². The van der Waals surface area contributed by atoms with Crippen LogP contribution in [0.5, 0.6) is 0 Å². The van der Waals surface area contributed by atoms with Crippen molar-refractivity contribution in [2.45, 2.75) is 33.6 Å². The van der Waals surface area contributed by atoms with E-state index in [0.717, 1.165) is 0 Å². The minimum absolute atomic E-state index is 0.342. The van der Waals surface area contributed by atoms with E-state index in [1.807, 2.05) is 0 Å². The molecule has 0 aliphatic rings. The highest BCUT2D eigenvalue weighted by Crippen LogP contribution is 2.33. The normalized spacial score (nSPS) is 14.2. The van der Waals surface area contributed by atoms with Gasteiger partial charge in [0.05, 0.1) is 0 Å². The predicted octanol–water partition coefficient (Wildman–Crippen LogP) is 2.66. The van der Waals surface area contributed by atoms with E-state index in [2.05, 4.69) is 63.8 Å². The number of rotatable bonds is 1. The lowest BCUT2D eigenvalue weighted by Gasteiger charge is -2.26. The quantitative estimate of drug-likeness (QED) is 0.582. The van der Waals surface area contributed by atoms with Gasteiger partial charge >= 0.3 is 0 Å². The van der Waals surface area contributed by atoms with Gasteiger partial charge in [-0.3, -0.25) is 0 Å². The predicted molar refractivity (Wildman–Crippen MR) is 55.5 cm³/mol. The zero-order valence-electron chi connectivity index (χ0n) is 9.33. The highest BCUT2D eigenvalue weighted by Gasteiger charge is 2.22. The Morgan fingerprint density at radius 3 is 2.38 bits per heavy atom. The fourth-order valence-electron chi connectivity index (χ4n) is 1.37. The molecule has 72 valence electrons. The van der Waals surface area contributed by atoms with Crippen LogP contribution in [0.15, 0.2) is 24.5 Å². The van der Waals surface area contributed by atoms with Gasteiger partial charge in [-0.25, -0.2) is 4.57 Å². The van der Waals surface area contributed by atoms with E-state index >= 15 is 0 Å². The lowest BCUT2D eigenvalue weighted by atomic mass is 9.78. The van der Waals surface area contributed by atoms with Gasteiger partial charge in [0.2, 0.25) is 0 Å². The van der Waals surface area contributed by atoms with E-state index in [0.29, 0.717) is 11.3 Å². The van der Waals surface area contributed by atoms with E-state index in [9.17, 15) is 0 Å². The third-order valence-corrected chi connectivity index (χ3v) is 2.76. The molecule has 0 saturated carbocycles. The molecule has 13 heavy (non-hydrogen) atoms. The zero-order valence-corrected chi connectivity index (χ0v) is 9.33. The Morgan fingerprint density at radius 1 is 1.31 bits per heavy atom. The first kappa shape index (κ1) is 10.2. The van der Waals surface area contributed by atoms with Crippen LogP contribution in [0.2, 0.25) is 0 Å².